The molecule has 2 aromatic rings. The SMILES string of the molecule is Cc1nc([O])c2cc(Cl)c(Br)cc2n1. The van der Waals surface area contributed by atoms with Gasteiger partial charge in [0.25, 0.3) is 5.88 Å². The lowest BCUT2D eigenvalue weighted by molar-refractivity contribution is 0.341. The fraction of sp³-hybridized carbons (Fsp3) is 0.111. The van der Waals surface area contributed by atoms with Gasteiger partial charge in [-0.1, -0.05) is 11.6 Å². The van der Waals surface area contributed by atoms with Gasteiger partial charge in [0.05, 0.1) is 15.9 Å². The number of fused-ring (bicyclic) bond motifs is 1. The first-order chi connectivity index (χ1) is 6.58. The van der Waals surface area contributed by atoms with E-state index in [0.717, 1.165) is 4.47 Å². The molecule has 0 saturated heterocycles. The van der Waals surface area contributed by atoms with E-state index < -0.39 is 0 Å². The summed E-state index contributed by atoms with van der Waals surface area (Å²) in [5, 5.41) is 12.4. The molecule has 5 heteroatoms. The highest BCUT2D eigenvalue weighted by Gasteiger charge is 2.08. The predicted octanol–water partition coefficient (Wildman–Crippen LogP) is 3.50. The normalized spacial score (nSPS) is 10.8. The van der Waals surface area contributed by atoms with Crippen LogP contribution in [0.3, 0.4) is 0 Å². The number of nitrogens with zero attached hydrogens (tertiary/aromatic N) is 2. The lowest BCUT2D eigenvalue weighted by Gasteiger charge is -2.01. The van der Waals surface area contributed by atoms with Crippen molar-refractivity contribution in [3.8, 4) is 5.88 Å². The molecule has 3 nitrogen and oxygen atoms in total. The van der Waals surface area contributed by atoms with E-state index in [-0.39, 0.29) is 5.88 Å². The van der Waals surface area contributed by atoms with Crippen molar-refractivity contribution in [2.45, 2.75) is 6.92 Å². The van der Waals surface area contributed by atoms with Gasteiger partial charge in [-0.3, -0.25) is 5.11 Å². The monoisotopic (exact) mass is 271 g/mol. The van der Waals surface area contributed by atoms with E-state index in [1.807, 2.05) is 0 Å². The Morgan fingerprint density at radius 1 is 1.36 bits per heavy atom. The van der Waals surface area contributed by atoms with E-state index in [0.29, 0.717) is 21.7 Å². The predicted molar refractivity (Wildman–Crippen MR) is 57.1 cm³/mol. The zero-order valence-electron chi connectivity index (χ0n) is 7.21. The van der Waals surface area contributed by atoms with Crippen LogP contribution in [0.2, 0.25) is 5.02 Å². The van der Waals surface area contributed by atoms with Gasteiger partial charge >= 0.3 is 0 Å². The molecular weight excluding hydrogens is 267 g/mol. The van der Waals surface area contributed by atoms with Gasteiger partial charge in [0.1, 0.15) is 5.82 Å². The van der Waals surface area contributed by atoms with Crippen molar-refractivity contribution in [2.75, 3.05) is 0 Å². The fourth-order valence-corrected chi connectivity index (χ4v) is 1.70. The summed E-state index contributed by atoms with van der Waals surface area (Å²) in [5.74, 6) is 0.179. The van der Waals surface area contributed by atoms with E-state index in [1.54, 1.807) is 19.1 Å². The third kappa shape index (κ3) is 1.55. The molecule has 1 heterocycles. The third-order valence-corrected chi connectivity index (χ3v) is 3.01. The van der Waals surface area contributed by atoms with Gasteiger partial charge in [-0.25, -0.2) is 4.98 Å². The molecule has 1 aromatic carbocycles. The first-order valence-electron chi connectivity index (χ1n) is 3.88. The van der Waals surface area contributed by atoms with Crippen LogP contribution >= 0.6 is 27.5 Å². The Morgan fingerprint density at radius 2 is 2.07 bits per heavy atom. The summed E-state index contributed by atoms with van der Waals surface area (Å²) >= 11 is 9.13. The van der Waals surface area contributed by atoms with Crippen molar-refractivity contribution in [2.24, 2.45) is 0 Å². The van der Waals surface area contributed by atoms with Crippen LogP contribution in [0.1, 0.15) is 5.82 Å². The van der Waals surface area contributed by atoms with Crippen LogP contribution in [0.15, 0.2) is 16.6 Å². The van der Waals surface area contributed by atoms with Crippen LogP contribution in [0.25, 0.3) is 10.9 Å². The van der Waals surface area contributed by atoms with Crippen LogP contribution < -0.4 is 0 Å². The molecule has 1 radical (unpaired) electrons. The van der Waals surface area contributed by atoms with E-state index in [1.165, 1.54) is 0 Å². The zero-order chi connectivity index (χ0) is 10.3. The standard InChI is InChI=1S/C9H5BrClN2O/c1-4-12-8-3-6(10)7(11)2-5(8)9(14)13-4/h2-3H,1H3. The lowest BCUT2D eigenvalue weighted by Crippen LogP contribution is -1.89. The first-order valence-corrected chi connectivity index (χ1v) is 5.05. The molecule has 0 N–H and O–H groups in total. The van der Waals surface area contributed by atoms with Crippen LogP contribution in [0.5, 0.6) is 5.88 Å². The van der Waals surface area contributed by atoms with Crippen LogP contribution in [0, 0.1) is 6.92 Å². The minimum atomic E-state index is -0.290. The Balaban J connectivity index is 2.89. The number of hydrogen-bond donors (Lipinski definition) is 0. The summed E-state index contributed by atoms with van der Waals surface area (Å²) < 4.78 is 0.726. The van der Waals surface area contributed by atoms with E-state index in [9.17, 15) is 5.11 Å². The third-order valence-electron chi connectivity index (χ3n) is 1.81. The summed E-state index contributed by atoms with van der Waals surface area (Å²) in [6.07, 6.45) is 0. The number of benzene rings is 1. The van der Waals surface area contributed by atoms with Crippen molar-refractivity contribution < 1.29 is 5.11 Å². The highest BCUT2D eigenvalue weighted by atomic mass is 79.9. The van der Waals surface area contributed by atoms with Crippen molar-refractivity contribution in [3.63, 3.8) is 0 Å². The van der Waals surface area contributed by atoms with Gasteiger partial charge in [-0.05, 0) is 35.0 Å². The molecule has 71 valence electrons. The smallest absolute Gasteiger partial charge is 0.267 e. The summed E-state index contributed by atoms with van der Waals surface area (Å²) in [6, 6.07) is 3.29. The highest BCUT2D eigenvalue weighted by molar-refractivity contribution is 9.10. The Labute approximate surface area is 93.9 Å². The van der Waals surface area contributed by atoms with Gasteiger partial charge in [0.15, 0.2) is 0 Å². The van der Waals surface area contributed by atoms with Crippen molar-refractivity contribution in [1.29, 1.82) is 0 Å². The van der Waals surface area contributed by atoms with Crippen molar-refractivity contribution in [3.05, 3.63) is 27.5 Å². The molecule has 0 aliphatic carbocycles. The van der Waals surface area contributed by atoms with E-state index >= 15 is 0 Å². The lowest BCUT2D eigenvalue weighted by atomic mass is 10.2. The summed E-state index contributed by atoms with van der Waals surface area (Å²) in [5.41, 5.74) is 0.610. The molecule has 0 bridgehead atoms. The summed E-state index contributed by atoms with van der Waals surface area (Å²) in [7, 11) is 0. The van der Waals surface area contributed by atoms with Gasteiger partial charge in [0, 0.05) is 4.47 Å². The average molecular weight is 273 g/mol. The number of halogens is 2. The van der Waals surface area contributed by atoms with E-state index in [4.69, 9.17) is 11.6 Å². The highest BCUT2D eigenvalue weighted by Crippen LogP contribution is 2.30. The number of hydrogen-bond acceptors (Lipinski definition) is 2. The second-order valence-corrected chi connectivity index (χ2v) is 4.12. The number of aryl methyl sites for hydroxylation is 1. The molecule has 0 amide bonds. The van der Waals surface area contributed by atoms with E-state index in [2.05, 4.69) is 25.9 Å². The molecule has 0 spiro atoms. The van der Waals surface area contributed by atoms with Gasteiger partial charge < -0.3 is 0 Å². The van der Waals surface area contributed by atoms with Crippen molar-refractivity contribution >= 4 is 38.4 Å². The molecule has 0 unspecified atom stereocenters. The molecule has 0 aliphatic rings. The molecule has 0 aliphatic heterocycles. The van der Waals surface area contributed by atoms with Crippen molar-refractivity contribution in [1.82, 2.24) is 9.97 Å². The minimum Gasteiger partial charge on any atom is -0.267 e. The maximum absolute atomic E-state index is 11.4. The Hall–Kier alpha value is -0.870. The molecule has 0 saturated carbocycles. The quantitative estimate of drug-likeness (QED) is 0.737. The molecule has 2 rings (SSSR count). The Kier molecular flexibility index (Phi) is 2.33. The fourth-order valence-electron chi connectivity index (χ4n) is 1.21. The Bertz CT molecular complexity index is 516. The van der Waals surface area contributed by atoms with Gasteiger partial charge in [-0.2, -0.15) is 4.98 Å². The maximum atomic E-state index is 11.4. The molecular formula is C9H5BrClN2O. The topological polar surface area (TPSA) is 45.7 Å². The Morgan fingerprint density at radius 3 is 2.79 bits per heavy atom. The number of aromatic nitrogens is 2. The van der Waals surface area contributed by atoms with Crippen LogP contribution in [-0.2, 0) is 5.11 Å². The van der Waals surface area contributed by atoms with Gasteiger partial charge in [-0.15, -0.1) is 0 Å². The average Bonchev–Trinajstić information content (AvgIpc) is 2.08. The zero-order valence-corrected chi connectivity index (χ0v) is 9.56. The summed E-state index contributed by atoms with van der Waals surface area (Å²) in [6.45, 7) is 1.68. The van der Waals surface area contributed by atoms with Crippen LogP contribution in [0.4, 0.5) is 0 Å². The maximum Gasteiger partial charge on any atom is 0.280 e. The second-order valence-electron chi connectivity index (χ2n) is 2.86. The summed E-state index contributed by atoms with van der Waals surface area (Å²) in [4.78, 5) is 7.87. The van der Waals surface area contributed by atoms with Crippen LogP contribution in [-0.4, -0.2) is 9.97 Å². The molecule has 0 atom stereocenters. The minimum absolute atomic E-state index is 0.290. The molecule has 1 aromatic heterocycles. The number of rotatable bonds is 0. The molecule has 14 heavy (non-hydrogen) atoms. The molecule has 0 fully saturated rings. The second kappa shape index (κ2) is 3.37. The van der Waals surface area contributed by atoms with Gasteiger partial charge in [0.2, 0.25) is 0 Å². The largest absolute Gasteiger partial charge is 0.280 e. The first kappa shape index (κ1) is 9.68.